The van der Waals surface area contributed by atoms with E-state index in [4.69, 9.17) is 14.5 Å². The van der Waals surface area contributed by atoms with Gasteiger partial charge in [-0.1, -0.05) is 13.3 Å². The topological polar surface area (TPSA) is 192 Å². The van der Waals surface area contributed by atoms with E-state index in [0.29, 0.717) is 60.7 Å². The molecular weight excluding hydrogens is 598 g/mol. The van der Waals surface area contributed by atoms with Crippen LogP contribution in [0.4, 0.5) is 0 Å². The van der Waals surface area contributed by atoms with Gasteiger partial charge >= 0.3 is 5.97 Å². The molecule has 17 heteroatoms. The van der Waals surface area contributed by atoms with E-state index in [1.165, 1.54) is 21.1 Å². The number of hydrogen-bond acceptors (Lipinski definition) is 12. The van der Waals surface area contributed by atoms with E-state index in [-0.39, 0.29) is 55.4 Å². The monoisotopic (exact) mass is 635 g/mol. The Morgan fingerprint density at radius 1 is 1.16 bits per heavy atom. The number of carbonyl (C=O) groups excluding carboxylic acids is 1. The maximum atomic E-state index is 13.7. The number of nitrogens with one attached hydrogen (secondary N) is 1. The van der Waals surface area contributed by atoms with Gasteiger partial charge in [-0.2, -0.15) is 9.40 Å². The molecule has 4 rings (SSSR count). The van der Waals surface area contributed by atoms with Crippen LogP contribution in [-0.4, -0.2) is 101 Å². The second-order valence-corrected chi connectivity index (χ2v) is 12.1. The lowest BCUT2D eigenvalue weighted by atomic mass is 10.1. The van der Waals surface area contributed by atoms with Crippen LogP contribution in [0.5, 0.6) is 5.75 Å². The predicted molar refractivity (Wildman–Crippen MR) is 158 cm³/mol. The third kappa shape index (κ3) is 7.70. The third-order valence-corrected chi connectivity index (χ3v) is 9.01. The summed E-state index contributed by atoms with van der Waals surface area (Å²) >= 11 is 0. The van der Waals surface area contributed by atoms with Crippen molar-refractivity contribution in [1.29, 1.82) is 0 Å². The van der Waals surface area contributed by atoms with Crippen LogP contribution in [0.15, 0.2) is 27.9 Å². The number of sulfonamides is 1. The van der Waals surface area contributed by atoms with Crippen LogP contribution in [-0.2, 0) is 37.9 Å². The molecular formula is C27H37N7O9S. The molecule has 2 aromatic heterocycles. The number of carbonyl (C=O) groups is 1. The summed E-state index contributed by atoms with van der Waals surface area (Å²) in [6, 6.07) is 4.53. The zero-order chi connectivity index (χ0) is 31.9. The molecule has 0 radical (unpaired) electrons. The Hall–Kier alpha value is -4.09. The molecule has 0 bridgehead atoms. The lowest BCUT2D eigenvalue weighted by molar-refractivity contribution is -0.757. The largest absolute Gasteiger partial charge is 0.493 e. The van der Waals surface area contributed by atoms with Crippen LogP contribution >= 0.6 is 0 Å². The number of nitrogens with zero attached hydrogens (tertiary/aromatic N) is 6. The Balaban J connectivity index is 1.45. The van der Waals surface area contributed by atoms with Crippen molar-refractivity contribution in [2.75, 3.05) is 52.5 Å². The number of fused-ring (bicyclic) bond motifs is 1. The van der Waals surface area contributed by atoms with Gasteiger partial charge in [-0.15, -0.1) is 10.1 Å². The maximum absolute atomic E-state index is 13.7. The molecule has 1 N–H and O–H groups in total. The molecule has 1 aliphatic rings. The molecule has 1 saturated heterocycles. The molecule has 0 unspecified atom stereocenters. The van der Waals surface area contributed by atoms with Crippen LogP contribution in [0.25, 0.3) is 22.4 Å². The zero-order valence-electron chi connectivity index (χ0n) is 25.0. The van der Waals surface area contributed by atoms with Gasteiger partial charge in [-0.05, 0) is 38.0 Å². The minimum absolute atomic E-state index is 0.00332. The van der Waals surface area contributed by atoms with E-state index in [0.717, 1.165) is 6.42 Å². The van der Waals surface area contributed by atoms with Gasteiger partial charge in [0.05, 0.1) is 29.4 Å². The predicted octanol–water partition coefficient (Wildman–Crippen LogP) is 1.51. The lowest BCUT2D eigenvalue weighted by Crippen LogP contribution is -2.49. The first-order valence-electron chi connectivity index (χ1n) is 14.4. The highest BCUT2D eigenvalue weighted by atomic mass is 32.2. The van der Waals surface area contributed by atoms with E-state index >= 15 is 0 Å². The number of H-pyrrole nitrogens is 1. The van der Waals surface area contributed by atoms with Crippen LogP contribution in [0.2, 0.25) is 0 Å². The summed E-state index contributed by atoms with van der Waals surface area (Å²) in [6.45, 7) is 5.84. The first-order valence-corrected chi connectivity index (χ1v) is 15.9. The molecule has 0 saturated carbocycles. The van der Waals surface area contributed by atoms with Gasteiger partial charge in [-0.25, -0.2) is 13.4 Å². The number of benzene rings is 1. The summed E-state index contributed by atoms with van der Waals surface area (Å²) in [6.07, 6.45) is 1.63. The van der Waals surface area contributed by atoms with Crippen LogP contribution in [0.3, 0.4) is 0 Å². The Labute approximate surface area is 254 Å². The van der Waals surface area contributed by atoms with Crippen LogP contribution in [0.1, 0.15) is 38.8 Å². The standard InChI is InChI=1S/C27H37N7O9S/c1-4-7-21-24-25(31(3)30-21)27(36)29-26(28-24)20-18-19(9-10-22(20)41-5-2)44(39,40)33-13-11-32(12-14-33)15-17-42-23(35)8-6-16-43-34(37)38/h9-10,18H,4-8,11-17H2,1-3H3,(H,28,29,36). The molecule has 0 aliphatic carbocycles. The normalized spacial score (nSPS) is 14.5. The summed E-state index contributed by atoms with van der Waals surface area (Å²) in [5.41, 5.74) is 1.46. The average Bonchev–Trinajstić information content (AvgIpc) is 3.31. The zero-order valence-corrected chi connectivity index (χ0v) is 25.8. The molecule has 0 amide bonds. The smallest absolute Gasteiger partial charge is 0.305 e. The summed E-state index contributed by atoms with van der Waals surface area (Å²) in [4.78, 5) is 48.7. The van der Waals surface area contributed by atoms with Gasteiger partial charge in [0.1, 0.15) is 23.7 Å². The summed E-state index contributed by atoms with van der Waals surface area (Å²) in [7, 11) is -2.21. The Kier molecular flexibility index (Phi) is 10.9. The molecule has 1 aromatic carbocycles. The molecule has 0 spiro atoms. The van der Waals surface area contributed by atoms with Crippen molar-refractivity contribution in [2.45, 2.75) is 44.4 Å². The third-order valence-electron chi connectivity index (χ3n) is 7.12. The van der Waals surface area contributed by atoms with Gasteiger partial charge in [0.25, 0.3) is 10.6 Å². The van der Waals surface area contributed by atoms with Gasteiger partial charge in [-0.3, -0.25) is 19.2 Å². The molecule has 3 heterocycles. The lowest BCUT2D eigenvalue weighted by Gasteiger charge is -2.33. The first kappa shape index (κ1) is 32.8. The van der Waals surface area contributed by atoms with E-state index in [2.05, 4.69) is 14.9 Å². The molecule has 16 nitrogen and oxygen atoms in total. The Bertz CT molecular complexity index is 1650. The van der Waals surface area contributed by atoms with Crippen LogP contribution < -0.4 is 10.3 Å². The number of ether oxygens (including phenoxy) is 2. The average molecular weight is 636 g/mol. The van der Waals surface area contributed by atoms with Gasteiger partial charge in [0.2, 0.25) is 10.0 Å². The SMILES string of the molecule is CCCc1nn(C)c2c(=O)[nH]c(-c3cc(S(=O)(=O)N4CCN(CCOC(=O)CCCO[N+](=O)[O-])CC4)ccc3OCC)nc12. The van der Waals surface area contributed by atoms with Crippen molar-refractivity contribution in [3.05, 3.63) is 44.4 Å². The van der Waals surface area contributed by atoms with Gasteiger partial charge < -0.3 is 19.3 Å². The first-order chi connectivity index (χ1) is 21.0. The highest BCUT2D eigenvalue weighted by Crippen LogP contribution is 2.32. The fourth-order valence-electron chi connectivity index (χ4n) is 4.97. The summed E-state index contributed by atoms with van der Waals surface area (Å²) in [5.74, 6) is 0.0992. The van der Waals surface area contributed by atoms with Crippen molar-refractivity contribution < 1.29 is 32.6 Å². The quantitative estimate of drug-likeness (QED) is 0.110. The minimum Gasteiger partial charge on any atom is -0.493 e. The van der Waals surface area contributed by atoms with Crippen molar-refractivity contribution in [2.24, 2.45) is 7.05 Å². The van der Waals surface area contributed by atoms with Gasteiger partial charge in [0.15, 0.2) is 5.52 Å². The van der Waals surface area contributed by atoms with E-state index in [9.17, 15) is 28.1 Å². The second kappa shape index (κ2) is 14.6. The van der Waals surface area contributed by atoms with Crippen molar-refractivity contribution in [1.82, 2.24) is 29.0 Å². The Morgan fingerprint density at radius 2 is 1.91 bits per heavy atom. The summed E-state index contributed by atoms with van der Waals surface area (Å²) in [5, 5.41) is 13.7. The summed E-state index contributed by atoms with van der Waals surface area (Å²) < 4.78 is 41.2. The molecule has 44 heavy (non-hydrogen) atoms. The molecule has 0 atom stereocenters. The molecule has 1 fully saturated rings. The van der Waals surface area contributed by atoms with Gasteiger partial charge in [0, 0.05) is 46.2 Å². The number of rotatable bonds is 15. The van der Waals surface area contributed by atoms with Crippen molar-refractivity contribution in [3.8, 4) is 17.1 Å². The van der Waals surface area contributed by atoms with Crippen LogP contribution in [0, 0.1) is 10.1 Å². The van der Waals surface area contributed by atoms with E-state index < -0.39 is 21.1 Å². The van der Waals surface area contributed by atoms with E-state index in [1.807, 2.05) is 18.7 Å². The van der Waals surface area contributed by atoms with Crippen molar-refractivity contribution in [3.63, 3.8) is 0 Å². The number of esters is 1. The second-order valence-electron chi connectivity index (χ2n) is 10.1. The highest BCUT2D eigenvalue weighted by Gasteiger charge is 2.30. The Morgan fingerprint density at radius 3 is 2.59 bits per heavy atom. The number of piperazine rings is 1. The fraction of sp³-hybridized carbons (Fsp3) is 0.556. The highest BCUT2D eigenvalue weighted by molar-refractivity contribution is 7.89. The van der Waals surface area contributed by atoms with E-state index in [1.54, 1.807) is 13.1 Å². The minimum atomic E-state index is -3.90. The number of aryl methyl sites for hydroxylation is 2. The number of hydrogen-bond donors (Lipinski definition) is 1. The maximum Gasteiger partial charge on any atom is 0.305 e. The molecule has 3 aromatic rings. The van der Waals surface area contributed by atoms with Crippen molar-refractivity contribution >= 4 is 27.0 Å². The number of aromatic amines is 1. The fourth-order valence-corrected chi connectivity index (χ4v) is 6.42. The molecule has 240 valence electrons. The molecule has 1 aliphatic heterocycles. The number of aromatic nitrogens is 4.